The molecular formula is C28H32N4O4. The maximum Gasteiger partial charge on any atom is 0.245 e. The molecule has 0 saturated carbocycles. The van der Waals surface area contributed by atoms with E-state index in [2.05, 4.69) is 10.3 Å². The number of nitrogens with one attached hydrogen (secondary N) is 2. The molecule has 0 radical (unpaired) electrons. The molecular weight excluding hydrogens is 456 g/mol. The smallest absolute Gasteiger partial charge is 0.245 e. The number of nitrogens with two attached hydrogens (primary N) is 1. The first kappa shape index (κ1) is 24.1. The summed E-state index contributed by atoms with van der Waals surface area (Å²) in [6.07, 6.45) is 3.64. The van der Waals surface area contributed by atoms with Gasteiger partial charge in [-0.25, -0.2) is 0 Å². The van der Waals surface area contributed by atoms with E-state index in [4.69, 9.17) is 10.5 Å². The van der Waals surface area contributed by atoms with Gasteiger partial charge in [0.2, 0.25) is 11.8 Å². The van der Waals surface area contributed by atoms with Gasteiger partial charge in [0.05, 0.1) is 17.5 Å². The molecule has 188 valence electrons. The molecule has 8 nitrogen and oxygen atoms in total. The van der Waals surface area contributed by atoms with Gasteiger partial charge in [-0.2, -0.15) is 0 Å². The Bertz CT molecular complexity index is 1310. The van der Waals surface area contributed by atoms with E-state index in [9.17, 15) is 14.4 Å². The number of benzene rings is 2. The van der Waals surface area contributed by atoms with Crippen molar-refractivity contribution >= 4 is 28.5 Å². The van der Waals surface area contributed by atoms with Crippen molar-refractivity contribution in [3.63, 3.8) is 0 Å². The third kappa shape index (κ3) is 4.60. The van der Waals surface area contributed by atoms with Crippen molar-refractivity contribution in [2.24, 2.45) is 5.73 Å². The zero-order chi connectivity index (χ0) is 25.5. The summed E-state index contributed by atoms with van der Waals surface area (Å²) < 4.78 is 6.31. The summed E-state index contributed by atoms with van der Waals surface area (Å²) in [5.41, 5.74) is 6.85. The van der Waals surface area contributed by atoms with Crippen LogP contribution >= 0.6 is 0 Å². The SMILES string of the molecule is CC(C)(N)C(=O)N[C@H](Cc1c[nH]c2ccccc12)C(=O)N1CCC2(CC1)CC(=O)c1ccccc1O2. The first-order chi connectivity index (χ1) is 17.2. The predicted octanol–water partition coefficient (Wildman–Crippen LogP) is 2.96. The van der Waals surface area contributed by atoms with Crippen LogP contribution < -0.4 is 15.8 Å². The van der Waals surface area contributed by atoms with Crippen molar-refractivity contribution in [1.82, 2.24) is 15.2 Å². The lowest BCUT2D eigenvalue weighted by atomic mass is 9.82. The predicted molar refractivity (Wildman–Crippen MR) is 137 cm³/mol. The minimum atomic E-state index is -1.12. The van der Waals surface area contributed by atoms with Gasteiger partial charge in [-0.1, -0.05) is 30.3 Å². The molecule has 1 spiro atoms. The van der Waals surface area contributed by atoms with E-state index in [0.717, 1.165) is 16.5 Å². The Balaban J connectivity index is 1.33. The number of para-hydroxylation sites is 2. The third-order valence-corrected chi connectivity index (χ3v) is 7.27. The van der Waals surface area contributed by atoms with Crippen LogP contribution in [0.3, 0.4) is 0 Å². The van der Waals surface area contributed by atoms with Crippen LogP contribution in [0, 0.1) is 0 Å². The summed E-state index contributed by atoms with van der Waals surface area (Å²) in [6, 6.07) is 14.4. The maximum atomic E-state index is 13.7. The van der Waals surface area contributed by atoms with Crippen molar-refractivity contribution in [1.29, 1.82) is 0 Å². The molecule has 8 heteroatoms. The number of ether oxygens (including phenoxy) is 1. The highest BCUT2D eigenvalue weighted by molar-refractivity contribution is 6.00. The molecule has 3 heterocycles. The second kappa shape index (κ2) is 9.09. The summed E-state index contributed by atoms with van der Waals surface area (Å²) in [4.78, 5) is 44.2. The fourth-order valence-electron chi connectivity index (χ4n) is 5.14. The van der Waals surface area contributed by atoms with Gasteiger partial charge in [-0.05, 0) is 37.6 Å². The van der Waals surface area contributed by atoms with Crippen molar-refractivity contribution < 1.29 is 19.1 Å². The number of aromatic nitrogens is 1. The number of nitrogens with zero attached hydrogens (tertiary/aromatic N) is 1. The maximum absolute atomic E-state index is 13.7. The van der Waals surface area contributed by atoms with Crippen molar-refractivity contribution in [2.75, 3.05) is 13.1 Å². The van der Waals surface area contributed by atoms with E-state index in [1.807, 2.05) is 48.7 Å². The van der Waals surface area contributed by atoms with Gasteiger partial charge >= 0.3 is 0 Å². The number of likely N-dealkylation sites (tertiary alicyclic amines) is 1. The van der Waals surface area contributed by atoms with Gasteiger partial charge in [0.25, 0.3) is 0 Å². The highest BCUT2D eigenvalue weighted by atomic mass is 16.5. The zero-order valence-corrected chi connectivity index (χ0v) is 20.7. The number of carbonyl (C=O) groups is 3. The van der Waals surface area contributed by atoms with Crippen LogP contribution in [0.25, 0.3) is 10.9 Å². The Morgan fingerprint density at radius 2 is 1.83 bits per heavy atom. The highest BCUT2D eigenvalue weighted by Gasteiger charge is 2.44. The number of rotatable bonds is 5. The van der Waals surface area contributed by atoms with Crippen molar-refractivity contribution in [3.8, 4) is 5.75 Å². The Morgan fingerprint density at radius 1 is 1.14 bits per heavy atom. The minimum Gasteiger partial charge on any atom is -0.486 e. The average molecular weight is 489 g/mol. The van der Waals surface area contributed by atoms with E-state index in [1.165, 1.54) is 0 Å². The number of carbonyl (C=O) groups excluding carboxylic acids is 3. The minimum absolute atomic E-state index is 0.0753. The summed E-state index contributed by atoms with van der Waals surface area (Å²) in [7, 11) is 0. The Labute approximate surface area is 210 Å². The normalized spacial score (nSPS) is 18.0. The van der Waals surface area contributed by atoms with Crippen molar-refractivity contribution in [3.05, 3.63) is 65.9 Å². The first-order valence-electron chi connectivity index (χ1n) is 12.4. The fraction of sp³-hybridized carbons (Fsp3) is 0.393. The lowest BCUT2D eigenvalue weighted by Gasteiger charge is -2.44. The molecule has 2 aliphatic rings. The molecule has 5 rings (SSSR count). The molecule has 36 heavy (non-hydrogen) atoms. The number of aromatic amines is 1. The summed E-state index contributed by atoms with van der Waals surface area (Å²) in [5, 5.41) is 3.91. The number of piperidine rings is 1. The van der Waals surface area contributed by atoms with Crippen LogP contribution in [-0.4, -0.2) is 57.8 Å². The van der Waals surface area contributed by atoms with Crippen LogP contribution in [0.1, 0.15) is 49.0 Å². The van der Waals surface area contributed by atoms with Crippen LogP contribution in [0.15, 0.2) is 54.7 Å². The number of amides is 2. The second-order valence-electron chi connectivity index (χ2n) is 10.5. The molecule has 2 amide bonds. The van der Waals surface area contributed by atoms with Crippen LogP contribution in [0.4, 0.5) is 0 Å². The van der Waals surface area contributed by atoms with E-state index in [-0.39, 0.29) is 17.6 Å². The standard InChI is InChI=1S/C28H32N4O4/c1-27(2,29)26(35)31-22(15-18-17-30-21-9-5-3-7-19(18)21)25(34)32-13-11-28(12-14-32)16-23(33)20-8-4-6-10-24(20)36-28/h3-10,17,22,30H,11-16,29H2,1-2H3,(H,31,35)/t22-/m1/s1. The molecule has 1 aromatic heterocycles. The quantitative estimate of drug-likeness (QED) is 0.510. The summed E-state index contributed by atoms with van der Waals surface area (Å²) in [5.74, 6) is 0.150. The third-order valence-electron chi connectivity index (χ3n) is 7.27. The van der Waals surface area contributed by atoms with Gasteiger partial charge in [-0.15, -0.1) is 0 Å². The molecule has 1 atom stereocenters. The molecule has 2 aromatic carbocycles. The molecule has 0 unspecified atom stereocenters. The van der Waals surface area contributed by atoms with Crippen molar-refractivity contribution in [2.45, 2.75) is 56.7 Å². The van der Waals surface area contributed by atoms with E-state index in [1.54, 1.807) is 24.8 Å². The van der Waals surface area contributed by atoms with Gasteiger partial charge in [0, 0.05) is 49.5 Å². The number of hydrogen-bond donors (Lipinski definition) is 3. The van der Waals surface area contributed by atoms with Crippen LogP contribution in [0.5, 0.6) is 5.75 Å². The second-order valence-corrected chi connectivity index (χ2v) is 10.5. The van der Waals surface area contributed by atoms with Crippen LogP contribution in [0.2, 0.25) is 0 Å². The van der Waals surface area contributed by atoms with Gasteiger partial charge in [0.1, 0.15) is 17.4 Å². The lowest BCUT2D eigenvalue weighted by Crippen LogP contribution is -2.59. The molecule has 0 bridgehead atoms. The van der Waals surface area contributed by atoms with E-state index in [0.29, 0.717) is 50.1 Å². The molecule has 1 saturated heterocycles. The number of Topliss-reactive ketones (excluding diaryl/α,β-unsaturated/α-hetero) is 1. The fourth-order valence-corrected chi connectivity index (χ4v) is 5.14. The van der Waals surface area contributed by atoms with E-state index >= 15 is 0 Å². The number of hydrogen-bond acceptors (Lipinski definition) is 5. The monoisotopic (exact) mass is 488 g/mol. The number of fused-ring (bicyclic) bond motifs is 2. The molecule has 4 N–H and O–H groups in total. The Kier molecular flexibility index (Phi) is 6.08. The zero-order valence-electron chi connectivity index (χ0n) is 20.7. The topological polar surface area (TPSA) is 118 Å². The number of ketones is 1. The summed E-state index contributed by atoms with van der Waals surface area (Å²) >= 11 is 0. The first-order valence-corrected chi connectivity index (χ1v) is 12.4. The number of H-pyrrole nitrogens is 1. The lowest BCUT2D eigenvalue weighted by molar-refractivity contribution is -0.140. The van der Waals surface area contributed by atoms with Crippen LogP contribution in [-0.2, 0) is 16.0 Å². The highest BCUT2D eigenvalue weighted by Crippen LogP contribution is 2.39. The molecule has 2 aliphatic heterocycles. The molecule has 3 aromatic rings. The van der Waals surface area contributed by atoms with Gasteiger partial charge in [0.15, 0.2) is 5.78 Å². The largest absolute Gasteiger partial charge is 0.486 e. The van der Waals surface area contributed by atoms with E-state index < -0.39 is 17.2 Å². The molecule has 1 fully saturated rings. The Morgan fingerprint density at radius 3 is 2.58 bits per heavy atom. The Hall–Kier alpha value is -3.65. The summed E-state index contributed by atoms with van der Waals surface area (Å²) in [6.45, 7) is 4.13. The van der Waals surface area contributed by atoms with Gasteiger partial charge in [-0.3, -0.25) is 14.4 Å². The van der Waals surface area contributed by atoms with Gasteiger partial charge < -0.3 is 25.7 Å². The molecule has 0 aliphatic carbocycles. The average Bonchev–Trinajstić information content (AvgIpc) is 3.26.